The van der Waals surface area contributed by atoms with Crippen molar-refractivity contribution in [3.63, 3.8) is 0 Å². The van der Waals surface area contributed by atoms with Gasteiger partial charge in [0.05, 0.1) is 4.92 Å². The van der Waals surface area contributed by atoms with Gasteiger partial charge >= 0.3 is 0 Å². The average Bonchev–Trinajstić information content (AvgIpc) is 2.81. The van der Waals surface area contributed by atoms with Gasteiger partial charge in [0.2, 0.25) is 5.89 Å². The second-order valence-electron chi connectivity index (χ2n) is 4.16. The molecule has 3 aromatic rings. The number of benzene rings is 2. The van der Waals surface area contributed by atoms with E-state index in [1.54, 1.807) is 24.3 Å². The maximum atomic E-state index is 10.9. The van der Waals surface area contributed by atoms with E-state index in [9.17, 15) is 10.1 Å². The van der Waals surface area contributed by atoms with Crippen molar-refractivity contribution >= 4 is 34.1 Å². The first-order valence-electron chi connectivity index (χ1n) is 5.65. The van der Waals surface area contributed by atoms with Crippen molar-refractivity contribution in [3.8, 4) is 11.5 Å². The first-order valence-corrected chi connectivity index (χ1v) is 6.03. The first kappa shape index (κ1) is 12.4. The first-order chi connectivity index (χ1) is 9.54. The van der Waals surface area contributed by atoms with Gasteiger partial charge in [0.25, 0.3) is 5.69 Å². The van der Waals surface area contributed by atoms with E-state index in [-0.39, 0.29) is 17.3 Å². The van der Waals surface area contributed by atoms with Gasteiger partial charge in [-0.25, -0.2) is 4.98 Å². The fourth-order valence-electron chi connectivity index (χ4n) is 1.86. The second-order valence-corrected chi connectivity index (χ2v) is 4.60. The summed E-state index contributed by atoms with van der Waals surface area (Å²) < 4.78 is 5.55. The Labute approximate surface area is 117 Å². The van der Waals surface area contributed by atoms with Crippen LogP contribution in [-0.2, 0) is 0 Å². The van der Waals surface area contributed by atoms with Crippen LogP contribution >= 0.6 is 11.6 Å². The monoisotopic (exact) mass is 289 g/mol. The normalized spacial score (nSPS) is 10.8. The summed E-state index contributed by atoms with van der Waals surface area (Å²) in [6, 6.07) is 9.46. The van der Waals surface area contributed by atoms with Gasteiger partial charge in [0.15, 0.2) is 5.58 Å². The van der Waals surface area contributed by atoms with E-state index < -0.39 is 4.92 Å². The Kier molecular flexibility index (Phi) is 2.80. The molecule has 0 unspecified atom stereocenters. The molecular weight excluding hydrogens is 282 g/mol. The van der Waals surface area contributed by atoms with Gasteiger partial charge in [-0.2, -0.15) is 0 Å². The van der Waals surface area contributed by atoms with E-state index in [0.29, 0.717) is 21.7 Å². The third-order valence-corrected chi connectivity index (χ3v) is 3.06. The number of halogens is 1. The van der Waals surface area contributed by atoms with Crippen molar-refractivity contribution < 1.29 is 9.34 Å². The average molecular weight is 290 g/mol. The summed E-state index contributed by atoms with van der Waals surface area (Å²) in [4.78, 5) is 14.6. The number of nitrogens with zero attached hydrogens (tertiary/aromatic N) is 2. The number of nitrogens with two attached hydrogens (primary N) is 1. The van der Waals surface area contributed by atoms with Gasteiger partial charge < -0.3 is 10.2 Å². The largest absolute Gasteiger partial charge is 0.436 e. The van der Waals surface area contributed by atoms with Crippen LogP contribution in [0.2, 0.25) is 5.02 Å². The fraction of sp³-hybridized carbons (Fsp3) is 0. The van der Waals surface area contributed by atoms with Crippen molar-refractivity contribution in [2.75, 3.05) is 5.73 Å². The molecule has 20 heavy (non-hydrogen) atoms. The molecule has 2 N–H and O–H groups in total. The highest BCUT2D eigenvalue weighted by atomic mass is 35.5. The molecule has 0 aliphatic rings. The maximum absolute atomic E-state index is 10.9. The predicted octanol–water partition coefficient (Wildman–Crippen LogP) is 3.64. The van der Waals surface area contributed by atoms with Crippen LogP contribution in [-0.4, -0.2) is 9.91 Å². The molecule has 0 fully saturated rings. The van der Waals surface area contributed by atoms with E-state index in [2.05, 4.69) is 4.98 Å². The molecule has 0 saturated carbocycles. The SMILES string of the molecule is Nc1ccc(-c2nc3ccc(Cl)cc3o2)cc1[N+](=O)[O-]. The Morgan fingerprint density at radius 1 is 1.25 bits per heavy atom. The van der Waals surface area contributed by atoms with Crippen molar-refractivity contribution in [2.45, 2.75) is 0 Å². The standard InChI is InChI=1S/C13H8ClN3O3/c14-8-2-4-10-12(6-8)20-13(16-10)7-1-3-9(15)11(5-7)17(18)19/h1-6H,15H2. The molecule has 0 atom stereocenters. The predicted molar refractivity (Wildman–Crippen MR) is 75.5 cm³/mol. The third-order valence-electron chi connectivity index (χ3n) is 2.82. The number of aromatic nitrogens is 1. The smallest absolute Gasteiger partial charge is 0.292 e. The van der Waals surface area contributed by atoms with Crippen molar-refractivity contribution in [2.24, 2.45) is 0 Å². The molecule has 100 valence electrons. The van der Waals surface area contributed by atoms with Crippen LogP contribution in [0, 0.1) is 10.1 Å². The van der Waals surface area contributed by atoms with Crippen molar-refractivity contribution in [3.05, 3.63) is 51.5 Å². The molecule has 3 rings (SSSR count). The summed E-state index contributed by atoms with van der Waals surface area (Å²) in [5.74, 6) is 0.283. The topological polar surface area (TPSA) is 95.2 Å². The third kappa shape index (κ3) is 2.06. The summed E-state index contributed by atoms with van der Waals surface area (Å²) in [6.45, 7) is 0. The summed E-state index contributed by atoms with van der Waals surface area (Å²) >= 11 is 5.87. The molecule has 1 heterocycles. The molecule has 7 heteroatoms. The molecule has 6 nitrogen and oxygen atoms in total. The highest BCUT2D eigenvalue weighted by Gasteiger charge is 2.16. The molecule has 0 aliphatic carbocycles. The van der Waals surface area contributed by atoms with Crippen LogP contribution in [0.3, 0.4) is 0 Å². The number of nitro benzene ring substituents is 1. The summed E-state index contributed by atoms with van der Waals surface area (Å²) in [7, 11) is 0. The van der Waals surface area contributed by atoms with E-state index >= 15 is 0 Å². The minimum Gasteiger partial charge on any atom is -0.436 e. The zero-order valence-corrected chi connectivity index (χ0v) is 10.8. The Morgan fingerprint density at radius 3 is 2.80 bits per heavy atom. The van der Waals surface area contributed by atoms with E-state index in [1.165, 1.54) is 12.1 Å². The lowest BCUT2D eigenvalue weighted by molar-refractivity contribution is -0.383. The zero-order valence-electron chi connectivity index (χ0n) is 10.0. The number of fused-ring (bicyclic) bond motifs is 1. The Bertz CT molecular complexity index is 829. The molecule has 0 saturated heterocycles. The second kappa shape index (κ2) is 4.50. The Hall–Kier alpha value is -2.60. The number of oxazole rings is 1. The van der Waals surface area contributed by atoms with Crippen LogP contribution in [0.15, 0.2) is 40.8 Å². The fourth-order valence-corrected chi connectivity index (χ4v) is 2.02. The quantitative estimate of drug-likeness (QED) is 0.441. The van der Waals surface area contributed by atoms with Gasteiger partial charge in [-0.3, -0.25) is 10.1 Å². The van der Waals surface area contributed by atoms with Crippen LogP contribution in [0.1, 0.15) is 0 Å². The molecule has 0 aliphatic heterocycles. The lowest BCUT2D eigenvalue weighted by Gasteiger charge is -1.99. The Balaban J connectivity index is 2.15. The van der Waals surface area contributed by atoms with Crippen molar-refractivity contribution in [1.29, 1.82) is 0 Å². The lowest BCUT2D eigenvalue weighted by atomic mass is 10.2. The Morgan fingerprint density at radius 2 is 2.05 bits per heavy atom. The minimum atomic E-state index is -0.543. The van der Waals surface area contributed by atoms with E-state index in [1.807, 2.05) is 0 Å². The molecular formula is C13H8ClN3O3. The molecule has 0 spiro atoms. The number of anilines is 1. The lowest BCUT2D eigenvalue weighted by Crippen LogP contribution is -1.95. The van der Waals surface area contributed by atoms with Gasteiger partial charge in [-0.15, -0.1) is 0 Å². The number of hydrogen-bond acceptors (Lipinski definition) is 5. The number of rotatable bonds is 2. The number of hydrogen-bond donors (Lipinski definition) is 1. The molecule has 1 aromatic heterocycles. The molecule has 2 aromatic carbocycles. The summed E-state index contributed by atoms with van der Waals surface area (Å²) in [5, 5.41) is 11.4. The maximum Gasteiger partial charge on any atom is 0.292 e. The van der Waals surface area contributed by atoms with Gasteiger partial charge in [-0.1, -0.05) is 11.6 Å². The van der Waals surface area contributed by atoms with Crippen molar-refractivity contribution in [1.82, 2.24) is 4.98 Å². The van der Waals surface area contributed by atoms with Crippen LogP contribution in [0.5, 0.6) is 0 Å². The molecule has 0 amide bonds. The number of nitrogen functional groups attached to an aromatic ring is 1. The molecule has 0 bridgehead atoms. The molecule has 0 radical (unpaired) electrons. The summed E-state index contributed by atoms with van der Waals surface area (Å²) in [5.41, 5.74) is 7.10. The zero-order chi connectivity index (χ0) is 14.3. The number of nitro groups is 1. The highest BCUT2D eigenvalue weighted by Crippen LogP contribution is 2.30. The van der Waals surface area contributed by atoms with E-state index in [0.717, 1.165) is 0 Å². The minimum absolute atomic E-state index is 0.0953. The van der Waals surface area contributed by atoms with Gasteiger partial charge in [0.1, 0.15) is 11.2 Å². The summed E-state index contributed by atoms with van der Waals surface area (Å²) in [6.07, 6.45) is 0. The van der Waals surface area contributed by atoms with Gasteiger partial charge in [-0.05, 0) is 24.3 Å². The van der Waals surface area contributed by atoms with Crippen LogP contribution in [0.4, 0.5) is 11.4 Å². The highest BCUT2D eigenvalue weighted by molar-refractivity contribution is 6.31. The van der Waals surface area contributed by atoms with E-state index in [4.69, 9.17) is 21.8 Å². The van der Waals surface area contributed by atoms with Gasteiger partial charge in [0, 0.05) is 22.7 Å². The van der Waals surface area contributed by atoms with Crippen LogP contribution < -0.4 is 5.73 Å². The van der Waals surface area contributed by atoms with Crippen LogP contribution in [0.25, 0.3) is 22.6 Å².